The van der Waals surface area contributed by atoms with Crippen molar-refractivity contribution in [2.45, 2.75) is 25.3 Å². The Morgan fingerprint density at radius 3 is 2.40 bits per heavy atom. The lowest BCUT2D eigenvalue weighted by molar-refractivity contribution is 0.0927. The third-order valence-corrected chi connectivity index (χ3v) is 8.30. The molecule has 0 radical (unpaired) electrons. The predicted molar refractivity (Wildman–Crippen MR) is 163 cm³/mol. The third-order valence-electron chi connectivity index (χ3n) is 8.30. The molecule has 0 saturated heterocycles. The minimum absolute atomic E-state index is 0.00653. The van der Waals surface area contributed by atoms with Gasteiger partial charge < -0.3 is 15.1 Å². The molecule has 224 valence electrons. The molecular weight excluding hydrogens is 581 g/mol. The van der Waals surface area contributed by atoms with E-state index in [-0.39, 0.29) is 44.5 Å². The molecule has 2 amide bonds. The smallest absolute Gasteiger partial charge is 0.255 e. The predicted octanol–water partition coefficient (Wildman–Crippen LogP) is 7.21. The highest BCUT2D eigenvalue weighted by Gasteiger charge is 2.47. The number of furan rings is 1. The molecular formula is C35H25F3N4O3. The molecule has 0 atom stereocenters. The van der Waals surface area contributed by atoms with Crippen LogP contribution in [0.1, 0.15) is 44.8 Å². The van der Waals surface area contributed by atoms with Crippen LogP contribution in [0.2, 0.25) is 0 Å². The van der Waals surface area contributed by atoms with Gasteiger partial charge in [0.1, 0.15) is 28.8 Å². The molecule has 3 aromatic heterocycles. The summed E-state index contributed by atoms with van der Waals surface area (Å²) in [5.41, 5.74) is 2.03. The van der Waals surface area contributed by atoms with Crippen LogP contribution < -0.4 is 10.6 Å². The highest BCUT2D eigenvalue weighted by Crippen LogP contribution is 2.45. The number of aromatic nitrogens is 2. The summed E-state index contributed by atoms with van der Waals surface area (Å²) in [7, 11) is 1.40. The van der Waals surface area contributed by atoms with E-state index in [1.165, 1.54) is 56.4 Å². The van der Waals surface area contributed by atoms with Gasteiger partial charge >= 0.3 is 0 Å². The molecule has 0 unspecified atom stereocenters. The maximum atomic E-state index is 16.4. The topological polar surface area (TPSA) is 97.1 Å². The van der Waals surface area contributed by atoms with Crippen molar-refractivity contribution in [3.63, 3.8) is 0 Å². The first-order valence-corrected chi connectivity index (χ1v) is 14.3. The fourth-order valence-corrected chi connectivity index (χ4v) is 5.68. The first kappa shape index (κ1) is 28.3. The van der Waals surface area contributed by atoms with Crippen LogP contribution in [0.4, 0.5) is 13.2 Å². The summed E-state index contributed by atoms with van der Waals surface area (Å²) >= 11 is 0. The van der Waals surface area contributed by atoms with Crippen LogP contribution in [-0.4, -0.2) is 28.8 Å². The Bertz CT molecular complexity index is 2170. The summed E-state index contributed by atoms with van der Waals surface area (Å²) in [6, 6.07) is 18.0. The number of nitrogens with zero attached hydrogens (tertiary/aromatic N) is 2. The largest absolute Gasteiger partial charge is 0.455 e. The second kappa shape index (κ2) is 10.6. The molecule has 6 aromatic rings. The Morgan fingerprint density at radius 2 is 1.67 bits per heavy atom. The van der Waals surface area contributed by atoms with Gasteiger partial charge in [0.05, 0.1) is 33.2 Å². The molecule has 10 heteroatoms. The van der Waals surface area contributed by atoms with Gasteiger partial charge in [-0.2, -0.15) is 0 Å². The Labute approximate surface area is 255 Å². The fraction of sp³-hybridized carbons (Fsp3) is 0.143. The summed E-state index contributed by atoms with van der Waals surface area (Å²) in [5.74, 6) is -3.09. The van der Waals surface area contributed by atoms with Crippen LogP contribution >= 0.6 is 0 Å². The zero-order valence-corrected chi connectivity index (χ0v) is 24.2. The minimum Gasteiger partial charge on any atom is -0.455 e. The van der Waals surface area contributed by atoms with E-state index in [4.69, 9.17) is 9.40 Å². The zero-order valence-electron chi connectivity index (χ0n) is 24.2. The molecule has 1 fully saturated rings. The van der Waals surface area contributed by atoms with Crippen LogP contribution in [0, 0.1) is 24.4 Å². The number of amides is 2. The van der Waals surface area contributed by atoms with Crippen molar-refractivity contribution in [1.82, 2.24) is 20.6 Å². The van der Waals surface area contributed by atoms with E-state index in [0.29, 0.717) is 29.6 Å². The highest BCUT2D eigenvalue weighted by molar-refractivity contribution is 6.12. The molecule has 1 aliphatic carbocycles. The number of nitrogens with one attached hydrogen (secondary N) is 2. The molecule has 3 heterocycles. The summed E-state index contributed by atoms with van der Waals surface area (Å²) in [4.78, 5) is 35.5. The van der Waals surface area contributed by atoms with Gasteiger partial charge in [-0.1, -0.05) is 0 Å². The van der Waals surface area contributed by atoms with Crippen LogP contribution in [0.5, 0.6) is 0 Å². The Kier molecular flexibility index (Phi) is 6.65. The van der Waals surface area contributed by atoms with E-state index in [0.717, 1.165) is 11.6 Å². The first-order chi connectivity index (χ1) is 21.7. The van der Waals surface area contributed by atoms with Gasteiger partial charge in [-0.05, 0) is 104 Å². The number of hydrogen-bond acceptors (Lipinski definition) is 5. The number of hydrogen-bond donors (Lipinski definition) is 2. The molecule has 3 aromatic carbocycles. The van der Waals surface area contributed by atoms with Gasteiger partial charge in [-0.25, -0.2) is 18.2 Å². The molecule has 1 aliphatic rings. The molecule has 45 heavy (non-hydrogen) atoms. The SMILES string of the molecule is CNC(=O)c1c(-c2ccc(F)cc2)oc2ccc(-c3cc(C(=O)NC4(c5ccc6ncccc6n5)CC4)cc(F)c3C)c(F)c12. The van der Waals surface area contributed by atoms with E-state index in [9.17, 15) is 14.0 Å². The van der Waals surface area contributed by atoms with Crippen molar-refractivity contribution in [1.29, 1.82) is 0 Å². The van der Waals surface area contributed by atoms with Crippen LogP contribution in [0.25, 0.3) is 44.5 Å². The average Bonchev–Trinajstić information content (AvgIpc) is 3.72. The molecule has 7 nitrogen and oxygen atoms in total. The van der Waals surface area contributed by atoms with Crippen molar-refractivity contribution in [3.05, 3.63) is 119 Å². The number of fused-ring (bicyclic) bond motifs is 2. The van der Waals surface area contributed by atoms with E-state index >= 15 is 8.78 Å². The zero-order chi connectivity index (χ0) is 31.5. The molecule has 0 bridgehead atoms. The van der Waals surface area contributed by atoms with Gasteiger partial charge in [0, 0.05) is 29.9 Å². The lowest BCUT2D eigenvalue weighted by atomic mass is 9.94. The number of carbonyl (C=O) groups excluding carboxylic acids is 2. The first-order valence-electron chi connectivity index (χ1n) is 14.3. The summed E-state index contributed by atoms with van der Waals surface area (Å²) in [6.07, 6.45) is 2.99. The molecule has 2 N–H and O–H groups in total. The molecule has 7 rings (SSSR count). The van der Waals surface area contributed by atoms with Gasteiger partial charge in [0.2, 0.25) is 0 Å². The monoisotopic (exact) mass is 606 g/mol. The van der Waals surface area contributed by atoms with E-state index in [2.05, 4.69) is 15.6 Å². The van der Waals surface area contributed by atoms with E-state index in [1.54, 1.807) is 12.3 Å². The van der Waals surface area contributed by atoms with E-state index in [1.807, 2.05) is 18.2 Å². The molecule has 0 aliphatic heterocycles. The Morgan fingerprint density at radius 1 is 0.889 bits per heavy atom. The number of benzene rings is 3. The highest BCUT2D eigenvalue weighted by atomic mass is 19.1. The lowest BCUT2D eigenvalue weighted by Gasteiger charge is -2.18. The fourth-order valence-electron chi connectivity index (χ4n) is 5.68. The third kappa shape index (κ3) is 4.79. The lowest BCUT2D eigenvalue weighted by Crippen LogP contribution is -2.35. The average molecular weight is 607 g/mol. The van der Waals surface area contributed by atoms with Gasteiger partial charge in [-0.15, -0.1) is 0 Å². The summed E-state index contributed by atoms with van der Waals surface area (Å²) < 4.78 is 51.3. The standard InChI is InChI=1S/C35H25F3N4O3/c1-18-23(22-9-11-27-29(31(22)38)30(34(44)39-2)32(45-27)19-5-7-21(36)8-6-19)16-20(17-24(18)37)33(43)42-35(13-14-35)28-12-10-25-26(41-28)4-3-15-40-25/h3-12,15-17H,13-14H2,1-2H3,(H,39,44)(H,42,43). The maximum Gasteiger partial charge on any atom is 0.255 e. The number of halogens is 3. The number of pyridine rings is 2. The Balaban J connectivity index is 1.29. The van der Waals surface area contributed by atoms with Crippen molar-refractivity contribution in [2.24, 2.45) is 0 Å². The minimum atomic E-state index is -0.823. The van der Waals surface area contributed by atoms with Gasteiger partial charge in [0.15, 0.2) is 0 Å². The van der Waals surface area contributed by atoms with E-state index < -0.39 is 34.8 Å². The van der Waals surface area contributed by atoms with Gasteiger partial charge in [-0.3, -0.25) is 14.6 Å². The Hall–Kier alpha value is -5.51. The second-order valence-electron chi connectivity index (χ2n) is 11.1. The van der Waals surface area contributed by atoms with Crippen molar-refractivity contribution >= 4 is 33.8 Å². The quantitative estimate of drug-likeness (QED) is 0.209. The van der Waals surface area contributed by atoms with Crippen molar-refractivity contribution in [3.8, 4) is 22.5 Å². The molecule has 0 spiro atoms. The normalized spacial score (nSPS) is 13.6. The summed E-state index contributed by atoms with van der Waals surface area (Å²) in [5, 5.41) is 5.40. The maximum absolute atomic E-state index is 16.4. The molecule has 1 saturated carbocycles. The van der Waals surface area contributed by atoms with Crippen molar-refractivity contribution < 1.29 is 27.2 Å². The van der Waals surface area contributed by atoms with Crippen molar-refractivity contribution in [2.75, 3.05) is 7.05 Å². The van der Waals surface area contributed by atoms with Crippen LogP contribution in [-0.2, 0) is 5.54 Å². The van der Waals surface area contributed by atoms with Crippen LogP contribution in [0.15, 0.2) is 83.4 Å². The second-order valence-corrected chi connectivity index (χ2v) is 11.1. The number of rotatable bonds is 6. The van der Waals surface area contributed by atoms with Gasteiger partial charge in [0.25, 0.3) is 11.8 Å². The summed E-state index contributed by atoms with van der Waals surface area (Å²) in [6.45, 7) is 1.49. The number of carbonyl (C=O) groups is 2. The van der Waals surface area contributed by atoms with Crippen LogP contribution in [0.3, 0.4) is 0 Å².